The zero-order chi connectivity index (χ0) is 16.2. The van der Waals surface area contributed by atoms with Gasteiger partial charge in [-0.05, 0) is 37.4 Å². The first-order valence-corrected chi connectivity index (χ1v) is 7.45. The summed E-state index contributed by atoms with van der Waals surface area (Å²) in [7, 11) is 2.07. The van der Waals surface area contributed by atoms with Gasteiger partial charge in [0.15, 0.2) is 0 Å². The molecule has 0 aliphatic carbocycles. The fourth-order valence-corrected chi connectivity index (χ4v) is 2.36. The zero-order valence-electron chi connectivity index (χ0n) is 12.9. The molecule has 0 spiro atoms. The average Bonchev–Trinajstić information content (AvgIpc) is 2.58. The van der Waals surface area contributed by atoms with Crippen LogP contribution in [0.2, 0.25) is 0 Å². The lowest BCUT2D eigenvalue weighted by molar-refractivity contribution is 0.102. The number of likely N-dealkylation sites (N-methyl/N-ethyl adjacent to an activating group) is 1. The Morgan fingerprint density at radius 1 is 1.13 bits per heavy atom. The second kappa shape index (κ2) is 6.70. The number of carbonyl (C=O) groups excluding carboxylic acids is 1. The van der Waals surface area contributed by atoms with Crippen molar-refractivity contribution in [3.8, 4) is 0 Å². The van der Waals surface area contributed by atoms with Crippen molar-refractivity contribution >= 4 is 17.5 Å². The predicted octanol–water partition coefficient (Wildman–Crippen LogP) is 1.62. The van der Waals surface area contributed by atoms with Crippen molar-refractivity contribution in [3.05, 3.63) is 48.0 Å². The van der Waals surface area contributed by atoms with Gasteiger partial charge in [0.1, 0.15) is 11.5 Å². The molecule has 1 fully saturated rings. The minimum absolute atomic E-state index is 0.290. The molecule has 0 saturated carbocycles. The van der Waals surface area contributed by atoms with E-state index in [1.807, 2.05) is 0 Å². The quantitative estimate of drug-likeness (QED) is 0.932. The summed E-state index contributed by atoms with van der Waals surface area (Å²) >= 11 is 0. The Bertz CT molecular complexity index is 683. The molecule has 1 N–H and O–H groups in total. The number of carbonyl (C=O) groups is 1. The van der Waals surface area contributed by atoms with Crippen molar-refractivity contribution < 1.29 is 9.18 Å². The zero-order valence-corrected chi connectivity index (χ0v) is 12.9. The molecule has 2 aromatic rings. The van der Waals surface area contributed by atoms with Gasteiger partial charge in [0.2, 0.25) is 5.95 Å². The monoisotopic (exact) mass is 315 g/mol. The molecule has 1 amide bonds. The van der Waals surface area contributed by atoms with E-state index in [-0.39, 0.29) is 11.7 Å². The number of rotatable bonds is 3. The third-order valence-corrected chi connectivity index (χ3v) is 3.76. The summed E-state index contributed by atoms with van der Waals surface area (Å²) in [5, 5.41) is 2.70. The van der Waals surface area contributed by atoms with Crippen LogP contribution in [0.25, 0.3) is 0 Å². The van der Waals surface area contributed by atoms with Crippen LogP contribution in [0, 0.1) is 5.82 Å². The first-order valence-electron chi connectivity index (χ1n) is 7.45. The van der Waals surface area contributed by atoms with Crippen molar-refractivity contribution in [3.63, 3.8) is 0 Å². The largest absolute Gasteiger partial charge is 0.338 e. The van der Waals surface area contributed by atoms with Gasteiger partial charge in [-0.15, -0.1) is 0 Å². The van der Waals surface area contributed by atoms with Gasteiger partial charge >= 0.3 is 0 Å². The van der Waals surface area contributed by atoms with E-state index in [9.17, 15) is 9.18 Å². The standard InChI is InChI=1S/C16H18FN5O/c1-21-8-10-22(11-9-21)16-18-7-6-14(20-16)15(23)19-13-4-2-12(17)3-5-13/h2-7H,8-11H2,1H3,(H,19,23). The molecule has 0 unspecified atom stereocenters. The van der Waals surface area contributed by atoms with Crippen LogP contribution in [0.4, 0.5) is 16.0 Å². The van der Waals surface area contributed by atoms with Gasteiger partial charge < -0.3 is 15.1 Å². The fraction of sp³-hybridized carbons (Fsp3) is 0.312. The van der Waals surface area contributed by atoms with Gasteiger partial charge in [-0.3, -0.25) is 4.79 Å². The molecule has 120 valence electrons. The van der Waals surface area contributed by atoms with Crippen LogP contribution in [0.1, 0.15) is 10.5 Å². The van der Waals surface area contributed by atoms with Crippen molar-refractivity contribution in [2.24, 2.45) is 0 Å². The molecule has 23 heavy (non-hydrogen) atoms. The molecule has 1 aromatic carbocycles. The number of nitrogens with zero attached hydrogens (tertiary/aromatic N) is 4. The Morgan fingerprint density at radius 3 is 2.52 bits per heavy atom. The van der Waals surface area contributed by atoms with Crippen molar-refractivity contribution in [2.75, 3.05) is 43.4 Å². The van der Waals surface area contributed by atoms with Crippen LogP contribution < -0.4 is 10.2 Å². The molecule has 1 aromatic heterocycles. The van der Waals surface area contributed by atoms with Gasteiger partial charge in [-0.25, -0.2) is 14.4 Å². The summed E-state index contributed by atoms with van der Waals surface area (Å²) in [5.41, 5.74) is 0.814. The van der Waals surface area contributed by atoms with Crippen LogP contribution in [0.15, 0.2) is 36.5 Å². The van der Waals surface area contributed by atoms with Crippen LogP contribution in [-0.4, -0.2) is 54.0 Å². The number of anilines is 2. The third-order valence-electron chi connectivity index (χ3n) is 3.76. The number of amides is 1. The Hall–Kier alpha value is -2.54. The molecule has 7 heteroatoms. The van der Waals surface area contributed by atoms with Crippen molar-refractivity contribution in [2.45, 2.75) is 0 Å². The normalized spacial score (nSPS) is 15.5. The molecule has 1 aliphatic heterocycles. The lowest BCUT2D eigenvalue weighted by Crippen LogP contribution is -2.45. The molecule has 1 aliphatic rings. The van der Waals surface area contributed by atoms with E-state index in [1.165, 1.54) is 24.3 Å². The van der Waals surface area contributed by atoms with E-state index in [0.717, 1.165) is 26.2 Å². The average molecular weight is 315 g/mol. The Kier molecular flexibility index (Phi) is 4.47. The molecule has 0 radical (unpaired) electrons. The molecule has 6 nitrogen and oxygen atoms in total. The number of aromatic nitrogens is 2. The van der Waals surface area contributed by atoms with Gasteiger partial charge in [0.05, 0.1) is 0 Å². The second-order valence-corrected chi connectivity index (χ2v) is 5.49. The number of hydrogen-bond donors (Lipinski definition) is 1. The first kappa shape index (κ1) is 15.4. The second-order valence-electron chi connectivity index (χ2n) is 5.49. The Balaban J connectivity index is 1.71. The van der Waals surface area contributed by atoms with E-state index < -0.39 is 0 Å². The summed E-state index contributed by atoms with van der Waals surface area (Å²) in [4.78, 5) is 25.2. The molecule has 3 rings (SSSR count). The minimum atomic E-state index is -0.345. The maximum Gasteiger partial charge on any atom is 0.274 e. The van der Waals surface area contributed by atoms with Crippen LogP contribution in [-0.2, 0) is 0 Å². The van der Waals surface area contributed by atoms with Gasteiger partial charge in [-0.1, -0.05) is 0 Å². The van der Waals surface area contributed by atoms with Crippen LogP contribution >= 0.6 is 0 Å². The number of hydrogen-bond acceptors (Lipinski definition) is 5. The molecule has 0 bridgehead atoms. The summed E-state index contributed by atoms with van der Waals surface area (Å²) in [6.45, 7) is 3.55. The first-order chi connectivity index (χ1) is 11.1. The van der Waals surface area contributed by atoms with Crippen LogP contribution in [0.5, 0.6) is 0 Å². The molecule has 2 heterocycles. The number of halogens is 1. The maximum absolute atomic E-state index is 12.9. The smallest absolute Gasteiger partial charge is 0.274 e. The number of benzene rings is 1. The lowest BCUT2D eigenvalue weighted by Gasteiger charge is -2.32. The maximum atomic E-state index is 12.9. The highest BCUT2D eigenvalue weighted by molar-refractivity contribution is 6.02. The Morgan fingerprint density at radius 2 is 1.83 bits per heavy atom. The van der Waals surface area contributed by atoms with E-state index in [1.54, 1.807) is 12.3 Å². The summed E-state index contributed by atoms with van der Waals surface area (Å²) in [6, 6.07) is 7.18. The minimum Gasteiger partial charge on any atom is -0.338 e. The van der Waals surface area contributed by atoms with E-state index >= 15 is 0 Å². The summed E-state index contributed by atoms with van der Waals surface area (Å²) in [6.07, 6.45) is 1.58. The van der Waals surface area contributed by atoms with Gasteiger partial charge in [0.25, 0.3) is 5.91 Å². The van der Waals surface area contributed by atoms with Gasteiger partial charge in [0, 0.05) is 38.1 Å². The lowest BCUT2D eigenvalue weighted by atomic mass is 10.3. The fourth-order valence-electron chi connectivity index (χ4n) is 2.36. The molecular weight excluding hydrogens is 297 g/mol. The van der Waals surface area contributed by atoms with Crippen molar-refractivity contribution in [1.29, 1.82) is 0 Å². The number of piperazine rings is 1. The number of nitrogens with one attached hydrogen (secondary N) is 1. The topological polar surface area (TPSA) is 61.4 Å². The molecule has 0 atom stereocenters. The third kappa shape index (κ3) is 3.81. The van der Waals surface area contributed by atoms with Gasteiger partial charge in [-0.2, -0.15) is 0 Å². The van der Waals surface area contributed by atoms with E-state index in [2.05, 4.69) is 32.1 Å². The van der Waals surface area contributed by atoms with Crippen LogP contribution in [0.3, 0.4) is 0 Å². The van der Waals surface area contributed by atoms with Crippen molar-refractivity contribution in [1.82, 2.24) is 14.9 Å². The highest BCUT2D eigenvalue weighted by atomic mass is 19.1. The molecular formula is C16H18FN5O. The van der Waals surface area contributed by atoms with E-state index in [4.69, 9.17) is 0 Å². The predicted molar refractivity (Wildman–Crippen MR) is 86.1 cm³/mol. The highest BCUT2D eigenvalue weighted by Crippen LogP contribution is 2.13. The SMILES string of the molecule is CN1CCN(c2nccc(C(=O)Nc3ccc(F)cc3)n2)CC1. The summed E-state index contributed by atoms with van der Waals surface area (Å²) < 4.78 is 12.9. The molecule has 1 saturated heterocycles. The highest BCUT2D eigenvalue weighted by Gasteiger charge is 2.18. The Labute approximate surface area is 134 Å². The summed E-state index contributed by atoms with van der Waals surface area (Å²) in [5.74, 6) is -0.123. The van der Waals surface area contributed by atoms with E-state index in [0.29, 0.717) is 17.3 Å².